The number of ether oxygens (including phenoxy) is 2. The molecule has 2 amide bonds. The van der Waals surface area contributed by atoms with E-state index in [1.807, 2.05) is 34.7 Å². The van der Waals surface area contributed by atoms with E-state index >= 15 is 0 Å². The minimum Gasteiger partial charge on any atom is -0.507 e. The number of carbonyl (C=O) groups excluding carboxylic acids is 5. The molecule has 3 N–H and O–H groups in total. The molecule has 4 unspecified atom stereocenters. The number of phenols is 1. The van der Waals surface area contributed by atoms with E-state index in [-0.39, 0.29) is 111 Å². The Morgan fingerprint density at radius 1 is 0.671 bits per heavy atom. The van der Waals surface area contributed by atoms with Crippen molar-refractivity contribution in [1.82, 2.24) is 30.2 Å². The second-order valence-corrected chi connectivity index (χ2v) is 22.0. The standard InChI is InChI=1S/C30H38N4O4.C28H32N4O4.2CH4/c1-15-8-20-10-23-25(12-31)34-24(28(33(23)6)27(20)30(18(15)4)38-14-37-7)11-22-21(26(34)13-32-19(5)35)9-16(2)17(3)29(22)36;1-12-7-17-8-19-21(10-29)32-20(25(31(19)6)23(17)27(35)13(12)2)9-18-24(22(32)11-30-16(5)33)28(36)15(4)14(3)26(18)34;;/h8,23-26,28H,9-11,13-14H2,1-7H3,(H,32,35);7,19-22,25,35H,8-9,11H2,1-6H3,(H,30,33);2*1H4/t23-,24?,25-,26-,28?;19-,20?,21-,22-,25?;;/m00../s1. The predicted molar refractivity (Wildman–Crippen MR) is 290 cm³/mol. The number of hydrogen-bond acceptors (Lipinski definition) is 14. The van der Waals surface area contributed by atoms with Crippen molar-refractivity contribution >= 4 is 29.2 Å². The molecule has 16 heteroatoms. The van der Waals surface area contributed by atoms with Crippen molar-refractivity contribution in [3.8, 4) is 23.6 Å². The van der Waals surface area contributed by atoms with Gasteiger partial charge in [-0.15, -0.1) is 0 Å². The minimum atomic E-state index is -0.610. The number of nitriles is 2. The number of hydrogen-bond donors (Lipinski definition) is 3. The highest BCUT2D eigenvalue weighted by Gasteiger charge is 2.59. The molecule has 0 radical (unpaired) electrons. The Kier molecular flexibility index (Phi) is 16.3. The second kappa shape index (κ2) is 21.6. The summed E-state index contributed by atoms with van der Waals surface area (Å²) in [5, 5.41) is 38.2. The Morgan fingerprint density at radius 3 is 1.68 bits per heavy atom. The number of amides is 2. The molecular formula is C60H78N8O8. The number of methoxy groups -OCH3 is 1. The number of benzene rings is 2. The van der Waals surface area contributed by atoms with Crippen molar-refractivity contribution in [3.05, 3.63) is 101 Å². The van der Waals surface area contributed by atoms with Crippen LogP contribution >= 0.6 is 0 Å². The number of fused-ring (bicyclic) bond motifs is 12. The van der Waals surface area contributed by atoms with Gasteiger partial charge in [0.2, 0.25) is 11.8 Å². The third-order valence-corrected chi connectivity index (χ3v) is 18.2. The number of ketones is 3. The lowest BCUT2D eigenvalue weighted by Gasteiger charge is -2.60. The van der Waals surface area contributed by atoms with Gasteiger partial charge >= 0.3 is 0 Å². The Labute approximate surface area is 449 Å². The lowest BCUT2D eigenvalue weighted by atomic mass is 9.69. The number of allylic oxidation sites excluding steroid dienone is 4. The third-order valence-electron chi connectivity index (χ3n) is 18.2. The quantitative estimate of drug-likeness (QED) is 0.194. The van der Waals surface area contributed by atoms with Crippen molar-refractivity contribution in [2.24, 2.45) is 0 Å². The number of nitrogens with one attached hydrogen (secondary N) is 2. The molecule has 6 aliphatic heterocycles. The summed E-state index contributed by atoms with van der Waals surface area (Å²) < 4.78 is 11.5. The molecule has 2 aromatic carbocycles. The van der Waals surface area contributed by atoms with Crippen LogP contribution in [0, 0.1) is 50.4 Å². The fourth-order valence-electron chi connectivity index (χ4n) is 14.0. The molecule has 10 rings (SSSR count). The summed E-state index contributed by atoms with van der Waals surface area (Å²) in [6, 6.07) is 6.72. The first-order valence-corrected chi connectivity index (χ1v) is 25.9. The van der Waals surface area contributed by atoms with E-state index in [1.165, 1.54) is 19.4 Å². The topological polar surface area (TPSA) is 209 Å². The highest BCUT2D eigenvalue weighted by atomic mass is 16.7. The van der Waals surface area contributed by atoms with Crippen molar-refractivity contribution in [3.63, 3.8) is 0 Å². The monoisotopic (exact) mass is 1040 g/mol. The first-order chi connectivity index (χ1) is 35.1. The van der Waals surface area contributed by atoms with Crippen molar-refractivity contribution in [2.75, 3.05) is 41.1 Å². The highest BCUT2D eigenvalue weighted by Crippen LogP contribution is 2.55. The predicted octanol–water partition coefficient (Wildman–Crippen LogP) is 6.72. The van der Waals surface area contributed by atoms with E-state index in [2.05, 4.69) is 75.4 Å². The Hall–Kier alpha value is -6.27. The fourth-order valence-corrected chi connectivity index (χ4v) is 14.0. The van der Waals surface area contributed by atoms with Gasteiger partial charge in [0.05, 0.1) is 36.3 Å². The van der Waals surface area contributed by atoms with Crippen LogP contribution in [0.5, 0.6) is 11.5 Å². The van der Waals surface area contributed by atoms with Crippen LogP contribution in [0.4, 0.5) is 0 Å². The molecule has 2 saturated heterocycles. The number of piperazine rings is 2. The lowest BCUT2D eigenvalue weighted by molar-refractivity contribution is -0.122. The van der Waals surface area contributed by atoms with Crippen LogP contribution in [0.1, 0.15) is 132 Å². The van der Waals surface area contributed by atoms with Crippen molar-refractivity contribution in [2.45, 2.75) is 177 Å². The first kappa shape index (κ1) is 57.4. The van der Waals surface area contributed by atoms with E-state index in [4.69, 9.17) is 9.47 Å². The molecule has 2 aromatic rings. The van der Waals surface area contributed by atoms with Crippen LogP contribution in [0.15, 0.2) is 56.7 Å². The van der Waals surface area contributed by atoms with E-state index in [0.717, 1.165) is 73.4 Å². The van der Waals surface area contributed by atoms with E-state index in [0.29, 0.717) is 54.5 Å². The van der Waals surface area contributed by atoms with Gasteiger partial charge in [0.15, 0.2) is 24.1 Å². The Bertz CT molecular complexity index is 3040. The maximum absolute atomic E-state index is 13.6. The molecule has 6 heterocycles. The third kappa shape index (κ3) is 8.93. The zero-order chi connectivity index (χ0) is 53.7. The zero-order valence-corrected chi connectivity index (χ0v) is 45.1. The van der Waals surface area contributed by atoms with Crippen LogP contribution in [-0.2, 0) is 41.6 Å². The van der Waals surface area contributed by atoms with E-state index in [1.54, 1.807) is 21.0 Å². The number of carbonyl (C=O) groups is 5. The summed E-state index contributed by atoms with van der Waals surface area (Å²) in [6.07, 6.45) is 2.87. The maximum atomic E-state index is 13.6. The SMILES string of the molecule is C.C.CC(=O)NC[C@H]1C2=C(CC3C4c5c(cc(C)c(C)c5O)C[C@@H]([C@H](C#N)N31)N4C)C(=O)C(C)=C(C)C2=O.COCOc1c(C)c(C)cc2c1C1C3CC4=C(CC(C)=C(C)C4=O)[C@H](CNC(C)=O)N3[C@@H](C#N)[C@H](C2)N1C. The zero-order valence-electron chi connectivity index (χ0n) is 45.1. The molecule has 8 aliphatic rings. The van der Waals surface area contributed by atoms with Gasteiger partial charge in [-0.1, -0.05) is 32.6 Å². The fraction of sp³-hybridized carbons (Fsp3) is 0.550. The summed E-state index contributed by atoms with van der Waals surface area (Å²) in [7, 11) is 5.69. The van der Waals surface area contributed by atoms with Gasteiger partial charge in [0, 0.05) is 97.2 Å². The van der Waals surface area contributed by atoms with Gasteiger partial charge in [-0.05, 0) is 146 Å². The lowest BCUT2D eigenvalue weighted by Crippen LogP contribution is -2.71. The number of rotatable bonds is 7. The summed E-state index contributed by atoms with van der Waals surface area (Å²) in [5.41, 5.74) is 13.8. The molecule has 0 spiro atoms. The number of nitrogens with zero attached hydrogens (tertiary/aromatic N) is 6. The normalized spacial score (nSPS) is 28.6. The molecule has 0 saturated carbocycles. The van der Waals surface area contributed by atoms with Gasteiger partial charge in [0.25, 0.3) is 0 Å². The number of aromatic hydroxyl groups is 1. The van der Waals surface area contributed by atoms with E-state index in [9.17, 15) is 39.6 Å². The minimum absolute atomic E-state index is 0. The van der Waals surface area contributed by atoms with Crippen LogP contribution < -0.4 is 15.4 Å². The molecule has 406 valence electrons. The summed E-state index contributed by atoms with van der Waals surface area (Å²) in [5.74, 6) is 0.504. The first-order valence-electron chi connectivity index (χ1n) is 25.9. The van der Waals surface area contributed by atoms with E-state index < -0.39 is 12.1 Å². The molecular weight excluding hydrogens is 961 g/mol. The smallest absolute Gasteiger partial charge is 0.216 e. The van der Waals surface area contributed by atoms with Gasteiger partial charge in [-0.3, -0.25) is 43.6 Å². The summed E-state index contributed by atoms with van der Waals surface area (Å²) >= 11 is 0. The van der Waals surface area contributed by atoms with Crippen molar-refractivity contribution in [1.29, 1.82) is 10.5 Å². The Morgan fingerprint density at radius 2 is 1.14 bits per heavy atom. The van der Waals surface area contributed by atoms with Gasteiger partial charge in [0.1, 0.15) is 23.6 Å². The maximum Gasteiger partial charge on any atom is 0.216 e. The average Bonchev–Trinajstić information content (AvgIpc) is 3.35. The van der Waals surface area contributed by atoms with Crippen LogP contribution in [-0.4, -0.2) is 143 Å². The van der Waals surface area contributed by atoms with Crippen LogP contribution in [0.2, 0.25) is 0 Å². The van der Waals surface area contributed by atoms with Gasteiger partial charge < -0.3 is 25.2 Å². The number of phenolic OH excluding ortho intramolecular Hbond substituents is 1. The molecule has 2 fully saturated rings. The second-order valence-electron chi connectivity index (χ2n) is 22.0. The highest BCUT2D eigenvalue weighted by molar-refractivity contribution is 6.25. The summed E-state index contributed by atoms with van der Waals surface area (Å²) in [6.45, 7) is 18.9. The number of likely N-dealkylation sites (N-methyl/N-ethyl adjacent to an activating group) is 2. The molecule has 0 aromatic heterocycles. The molecule has 10 atom stereocenters. The number of Topliss-reactive ketones (excluding diaryl/α,β-unsaturated/α-hetero) is 3. The largest absolute Gasteiger partial charge is 0.507 e. The van der Waals surface area contributed by atoms with Gasteiger partial charge in [-0.25, -0.2) is 0 Å². The summed E-state index contributed by atoms with van der Waals surface area (Å²) in [4.78, 5) is 73.5. The molecule has 2 aliphatic carbocycles. The van der Waals surface area contributed by atoms with Crippen LogP contribution in [0.3, 0.4) is 0 Å². The Balaban J connectivity index is 0.000000216. The van der Waals surface area contributed by atoms with Gasteiger partial charge in [-0.2, -0.15) is 10.5 Å². The molecule has 76 heavy (non-hydrogen) atoms. The van der Waals surface area contributed by atoms with Crippen LogP contribution in [0.25, 0.3) is 0 Å². The molecule has 16 nitrogen and oxygen atoms in total. The molecule has 4 bridgehead atoms. The average molecular weight is 1040 g/mol. The number of aryl methyl sites for hydroxylation is 2. The van der Waals surface area contributed by atoms with Crippen molar-refractivity contribution < 1.29 is 38.6 Å².